The van der Waals surface area contributed by atoms with E-state index in [2.05, 4.69) is 75.8 Å². The molecule has 1 heterocycles. The van der Waals surface area contributed by atoms with Gasteiger partial charge in [0.05, 0.1) is 12.2 Å². The zero-order chi connectivity index (χ0) is 18.5. The fourth-order valence-electron chi connectivity index (χ4n) is 2.88. The van der Waals surface area contributed by atoms with Crippen LogP contribution >= 0.6 is 0 Å². The van der Waals surface area contributed by atoms with Gasteiger partial charge in [0.2, 0.25) is 0 Å². The van der Waals surface area contributed by atoms with Crippen LogP contribution < -0.4 is 4.90 Å². The van der Waals surface area contributed by atoms with E-state index in [0.29, 0.717) is 0 Å². The number of hydrogen-bond acceptors (Lipinski definition) is 4. The van der Waals surface area contributed by atoms with E-state index in [1.807, 2.05) is 0 Å². The maximum atomic E-state index is 5.87. The van der Waals surface area contributed by atoms with E-state index in [-0.39, 0.29) is 11.0 Å². The van der Waals surface area contributed by atoms with Crippen molar-refractivity contribution in [3.05, 3.63) is 29.8 Å². The monoisotopic (exact) mass is 348 g/mol. The molecule has 1 aromatic carbocycles. The average molecular weight is 349 g/mol. The van der Waals surface area contributed by atoms with E-state index in [9.17, 15) is 0 Å². The molecule has 0 unspecified atom stereocenters. The third-order valence-corrected chi connectivity index (χ3v) is 4.43. The molecule has 0 aromatic heterocycles. The normalized spacial score (nSPS) is 17.1. The largest absolute Gasteiger partial charge is 0.376 e. The number of piperazine rings is 1. The molecule has 0 amide bonds. The zero-order valence-electron chi connectivity index (χ0n) is 17.0. The van der Waals surface area contributed by atoms with Gasteiger partial charge in [-0.3, -0.25) is 4.84 Å². The highest BCUT2D eigenvalue weighted by molar-refractivity contribution is 5.49. The van der Waals surface area contributed by atoms with E-state index in [1.165, 1.54) is 11.3 Å². The van der Waals surface area contributed by atoms with Crippen LogP contribution in [0.25, 0.3) is 0 Å². The molecule has 1 fully saturated rings. The molecule has 1 aromatic rings. The van der Waals surface area contributed by atoms with E-state index in [1.54, 1.807) is 0 Å². The summed E-state index contributed by atoms with van der Waals surface area (Å²) in [5.41, 5.74) is 2.84. The van der Waals surface area contributed by atoms with Crippen LogP contribution in [0.4, 0.5) is 5.69 Å². The Labute approximate surface area is 154 Å². The fourth-order valence-corrected chi connectivity index (χ4v) is 2.88. The van der Waals surface area contributed by atoms with Crippen molar-refractivity contribution in [1.29, 1.82) is 0 Å². The molecule has 25 heavy (non-hydrogen) atoms. The Kier molecular flexibility index (Phi) is 6.89. The minimum Gasteiger partial charge on any atom is -0.376 e. The van der Waals surface area contributed by atoms with Crippen LogP contribution in [0.5, 0.6) is 0 Å². The molecular weight excluding hydrogens is 312 g/mol. The number of rotatable bonds is 6. The topological polar surface area (TPSA) is 24.9 Å². The SMILES string of the molecule is CC(C)(C)OCCCON1CCN(c2ccc(C(C)(C)C)cc2)CC1. The van der Waals surface area contributed by atoms with Crippen LogP contribution in [0.15, 0.2) is 24.3 Å². The third kappa shape index (κ3) is 6.96. The summed E-state index contributed by atoms with van der Waals surface area (Å²) in [6, 6.07) is 9.02. The van der Waals surface area contributed by atoms with Gasteiger partial charge in [0.25, 0.3) is 0 Å². The van der Waals surface area contributed by atoms with Gasteiger partial charge in [-0.25, -0.2) is 0 Å². The lowest BCUT2D eigenvalue weighted by Gasteiger charge is -2.35. The van der Waals surface area contributed by atoms with Gasteiger partial charge in [0.1, 0.15) is 0 Å². The van der Waals surface area contributed by atoms with E-state index >= 15 is 0 Å². The summed E-state index contributed by atoms with van der Waals surface area (Å²) in [6.45, 7) is 18.4. The first kappa shape index (κ1) is 20.2. The Morgan fingerprint density at radius 1 is 0.840 bits per heavy atom. The summed E-state index contributed by atoms with van der Waals surface area (Å²) < 4.78 is 5.72. The molecule has 0 N–H and O–H groups in total. The van der Waals surface area contributed by atoms with Crippen LogP contribution in [-0.2, 0) is 15.0 Å². The van der Waals surface area contributed by atoms with E-state index in [0.717, 1.165) is 45.8 Å². The molecule has 0 saturated carbocycles. The van der Waals surface area contributed by atoms with Gasteiger partial charge < -0.3 is 9.64 Å². The molecular formula is C21H36N2O2. The predicted molar refractivity (Wildman–Crippen MR) is 105 cm³/mol. The van der Waals surface area contributed by atoms with Crippen molar-refractivity contribution in [2.45, 2.75) is 59.0 Å². The lowest BCUT2D eigenvalue weighted by Crippen LogP contribution is -2.46. The molecule has 0 spiro atoms. The van der Waals surface area contributed by atoms with Crippen molar-refractivity contribution < 1.29 is 9.57 Å². The van der Waals surface area contributed by atoms with Gasteiger partial charge in [0, 0.05) is 38.5 Å². The lowest BCUT2D eigenvalue weighted by molar-refractivity contribution is -0.166. The van der Waals surface area contributed by atoms with Crippen LogP contribution in [0.1, 0.15) is 53.5 Å². The van der Waals surface area contributed by atoms with Gasteiger partial charge in [0.15, 0.2) is 0 Å². The fraction of sp³-hybridized carbons (Fsp3) is 0.714. The first-order valence-corrected chi connectivity index (χ1v) is 9.52. The highest BCUT2D eigenvalue weighted by Crippen LogP contribution is 2.25. The minimum atomic E-state index is -0.0613. The van der Waals surface area contributed by atoms with Crippen LogP contribution in [0.3, 0.4) is 0 Å². The summed E-state index contributed by atoms with van der Waals surface area (Å²) in [5.74, 6) is 0. The zero-order valence-corrected chi connectivity index (χ0v) is 17.0. The summed E-state index contributed by atoms with van der Waals surface area (Å²) in [7, 11) is 0. The molecule has 0 aliphatic carbocycles. The average Bonchev–Trinajstić information content (AvgIpc) is 2.53. The first-order valence-electron chi connectivity index (χ1n) is 9.52. The summed E-state index contributed by atoms with van der Waals surface area (Å²) in [4.78, 5) is 8.31. The number of hydrogen-bond donors (Lipinski definition) is 0. The summed E-state index contributed by atoms with van der Waals surface area (Å²) >= 11 is 0. The van der Waals surface area contributed by atoms with Gasteiger partial charge in [-0.1, -0.05) is 32.9 Å². The van der Waals surface area contributed by atoms with Gasteiger partial charge >= 0.3 is 0 Å². The number of anilines is 1. The molecule has 4 nitrogen and oxygen atoms in total. The highest BCUT2D eigenvalue weighted by atomic mass is 16.7. The first-order chi connectivity index (χ1) is 11.6. The number of nitrogens with zero attached hydrogens (tertiary/aromatic N) is 2. The third-order valence-electron chi connectivity index (χ3n) is 4.43. The lowest BCUT2D eigenvalue weighted by atomic mass is 9.87. The second-order valence-electron chi connectivity index (χ2n) is 8.86. The Hall–Kier alpha value is -1.10. The highest BCUT2D eigenvalue weighted by Gasteiger charge is 2.19. The van der Waals surface area contributed by atoms with Crippen LogP contribution in [0.2, 0.25) is 0 Å². The second-order valence-corrected chi connectivity index (χ2v) is 8.86. The Morgan fingerprint density at radius 3 is 1.96 bits per heavy atom. The number of benzene rings is 1. The summed E-state index contributed by atoms with van der Waals surface area (Å²) in [6.07, 6.45) is 0.936. The Balaban J connectivity index is 1.69. The van der Waals surface area contributed by atoms with Crippen LogP contribution in [0, 0.1) is 0 Å². The molecule has 0 radical (unpaired) electrons. The van der Waals surface area contributed by atoms with Gasteiger partial charge in [-0.2, -0.15) is 5.06 Å². The molecule has 142 valence electrons. The number of hydroxylamine groups is 2. The molecule has 1 saturated heterocycles. The quantitative estimate of drug-likeness (QED) is 0.718. The van der Waals surface area contributed by atoms with Crippen molar-refractivity contribution in [3.63, 3.8) is 0 Å². The maximum Gasteiger partial charge on any atom is 0.0707 e. The van der Waals surface area contributed by atoms with Crippen molar-refractivity contribution in [2.75, 3.05) is 44.3 Å². The van der Waals surface area contributed by atoms with Gasteiger partial charge in [-0.05, 0) is 50.3 Å². The van der Waals surface area contributed by atoms with Crippen molar-refractivity contribution in [3.8, 4) is 0 Å². The second kappa shape index (κ2) is 8.52. The molecule has 1 aliphatic rings. The standard InChI is InChI=1S/C21H36N2O2/c1-20(2,3)18-8-10-19(11-9-18)22-12-14-23(15-13-22)25-17-7-16-24-21(4,5)6/h8-11H,7,12-17H2,1-6H3. The maximum absolute atomic E-state index is 5.87. The van der Waals surface area contributed by atoms with Crippen molar-refractivity contribution in [1.82, 2.24) is 5.06 Å². The number of ether oxygens (including phenoxy) is 1. The molecule has 0 atom stereocenters. The molecule has 0 bridgehead atoms. The van der Waals surface area contributed by atoms with E-state index < -0.39 is 0 Å². The van der Waals surface area contributed by atoms with Gasteiger partial charge in [-0.15, -0.1) is 0 Å². The molecule has 4 heteroatoms. The smallest absolute Gasteiger partial charge is 0.0707 e. The molecule has 1 aliphatic heterocycles. The van der Waals surface area contributed by atoms with Crippen LogP contribution in [-0.4, -0.2) is 50.1 Å². The Morgan fingerprint density at radius 2 is 1.44 bits per heavy atom. The minimum absolute atomic E-state index is 0.0613. The predicted octanol–water partition coefficient (Wildman–Crippen LogP) is 4.24. The van der Waals surface area contributed by atoms with Crippen molar-refractivity contribution in [2.24, 2.45) is 0 Å². The molecule has 2 rings (SSSR count). The van der Waals surface area contributed by atoms with Crippen molar-refractivity contribution >= 4 is 5.69 Å². The summed E-state index contributed by atoms with van der Waals surface area (Å²) in [5, 5.41) is 2.09. The van der Waals surface area contributed by atoms with E-state index in [4.69, 9.17) is 9.57 Å². The Bertz CT molecular complexity index is 506.